The van der Waals surface area contributed by atoms with Crippen molar-refractivity contribution < 1.29 is 14.4 Å². The minimum absolute atomic E-state index is 0.106. The summed E-state index contributed by atoms with van der Waals surface area (Å²) in [6.07, 6.45) is 5.91. The number of amides is 3. The van der Waals surface area contributed by atoms with E-state index in [9.17, 15) is 14.4 Å². The molecule has 1 heterocycles. The molecule has 2 aliphatic carbocycles. The minimum Gasteiger partial charge on any atom is -0.322 e. The highest BCUT2D eigenvalue weighted by molar-refractivity contribution is 6.23. The Morgan fingerprint density at radius 1 is 0.966 bits per heavy atom. The molecule has 0 radical (unpaired) electrons. The van der Waals surface area contributed by atoms with E-state index in [1.807, 2.05) is 31.2 Å². The molecule has 5 nitrogen and oxygen atoms in total. The fourth-order valence-corrected chi connectivity index (χ4v) is 5.06. The number of aryl methyl sites for hydroxylation is 1. The van der Waals surface area contributed by atoms with Gasteiger partial charge in [-0.2, -0.15) is 0 Å². The predicted octanol–water partition coefficient (Wildman–Crippen LogP) is 3.81. The number of benzene rings is 2. The zero-order chi connectivity index (χ0) is 20.1. The van der Waals surface area contributed by atoms with Crippen LogP contribution in [0.1, 0.15) is 29.3 Å². The van der Waals surface area contributed by atoms with E-state index in [0.29, 0.717) is 11.3 Å². The Labute approximate surface area is 169 Å². The number of carbonyl (C=O) groups is 3. The first kappa shape index (κ1) is 17.9. The summed E-state index contributed by atoms with van der Waals surface area (Å²) in [5, 5.41) is 2.94. The zero-order valence-electron chi connectivity index (χ0n) is 16.2. The fourth-order valence-electron chi connectivity index (χ4n) is 5.06. The van der Waals surface area contributed by atoms with E-state index < -0.39 is 0 Å². The molecule has 29 heavy (non-hydrogen) atoms. The van der Waals surface area contributed by atoms with Crippen LogP contribution in [0.2, 0.25) is 0 Å². The summed E-state index contributed by atoms with van der Waals surface area (Å²) in [6.45, 7) is 2.04. The van der Waals surface area contributed by atoms with Crippen LogP contribution in [0, 0.1) is 23.7 Å². The summed E-state index contributed by atoms with van der Waals surface area (Å²) in [5.41, 5.74) is 2.89. The van der Waals surface area contributed by atoms with Gasteiger partial charge in [-0.05, 0) is 60.6 Å². The first-order valence-electron chi connectivity index (χ1n) is 10.1. The Balaban J connectivity index is 1.35. The van der Waals surface area contributed by atoms with Gasteiger partial charge in [0.1, 0.15) is 0 Å². The van der Waals surface area contributed by atoms with Gasteiger partial charge in [-0.3, -0.25) is 19.3 Å². The van der Waals surface area contributed by atoms with Crippen molar-refractivity contribution in [2.45, 2.75) is 19.8 Å². The average molecular weight is 386 g/mol. The molecule has 1 N–H and O–H groups in total. The highest BCUT2D eigenvalue weighted by Gasteiger charge is 2.59. The van der Waals surface area contributed by atoms with Crippen molar-refractivity contribution >= 4 is 29.1 Å². The Morgan fingerprint density at radius 3 is 2.21 bits per heavy atom. The van der Waals surface area contributed by atoms with Crippen LogP contribution in [0.3, 0.4) is 0 Å². The maximum absolute atomic E-state index is 12.9. The molecule has 1 saturated heterocycles. The molecule has 0 aromatic heterocycles. The highest BCUT2D eigenvalue weighted by atomic mass is 16.2. The second-order valence-corrected chi connectivity index (χ2v) is 8.02. The van der Waals surface area contributed by atoms with Crippen LogP contribution < -0.4 is 10.2 Å². The number of rotatable bonds is 4. The normalized spacial score (nSPS) is 26.9. The molecule has 0 spiro atoms. The van der Waals surface area contributed by atoms with Crippen molar-refractivity contribution in [3.63, 3.8) is 0 Å². The summed E-state index contributed by atoms with van der Waals surface area (Å²) in [7, 11) is 0. The summed E-state index contributed by atoms with van der Waals surface area (Å²) in [6, 6.07) is 14.4. The third-order valence-corrected chi connectivity index (χ3v) is 6.50. The van der Waals surface area contributed by atoms with E-state index >= 15 is 0 Å². The molecule has 1 saturated carbocycles. The molecule has 0 unspecified atom stereocenters. The van der Waals surface area contributed by atoms with E-state index in [2.05, 4.69) is 17.5 Å². The second-order valence-electron chi connectivity index (χ2n) is 8.02. The monoisotopic (exact) mass is 386 g/mol. The lowest BCUT2D eigenvalue weighted by Crippen LogP contribution is -2.32. The Morgan fingerprint density at radius 2 is 1.59 bits per heavy atom. The second kappa shape index (κ2) is 6.69. The summed E-state index contributed by atoms with van der Waals surface area (Å²) in [4.78, 5) is 39.8. The summed E-state index contributed by atoms with van der Waals surface area (Å²) >= 11 is 0. The van der Waals surface area contributed by atoms with E-state index in [4.69, 9.17) is 0 Å². The lowest BCUT2D eigenvalue weighted by Gasteiger charge is -2.17. The van der Waals surface area contributed by atoms with Crippen molar-refractivity contribution in [2.75, 3.05) is 10.2 Å². The van der Waals surface area contributed by atoms with Gasteiger partial charge in [0.25, 0.3) is 5.91 Å². The Kier molecular flexibility index (Phi) is 4.12. The molecule has 2 aromatic rings. The smallest absolute Gasteiger partial charge is 0.255 e. The molecule has 2 fully saturated rings. The summed E-state index contributed by atoms with van der Waals surface area (Å²) < 4.78 is 0. The van der Waals surface area contributed by atoms with Crippen LogP contribution in [0.15, 0.2) is 60.7 Å². The van der Waals surface area contributed by atoms with E-state index in [-0.39, 0.29) is 41.4 Å². The van der Waals surface area contributed by atoms with Crippen molar-refractivity contribution in [1.82, 2.24) is 0 Å². The maximum atomic E-state index is 12.9. The van der Waals surface area contributed by atoms with Gasteiger partial charge < -0.3 is 5.32 Å². The number of nitrogens with zero attached hydrogens (tertiary/aromatic N) is 1. The van der Waals surface area contributed by atoms with Crippen LogP contribution in [0.4, 0.5) is 11.4 Å². The number of allylic oxidation sites excluding steroid dienone is 2. The number of nitrogens with one attached hydrogen (secondary N) is 1. The maximum Gasteiger partial charge on any atom is 0.255 e. The van der Waals surface area contributed by atoms with Crippen molar-refractivity contribution in [1.29, 1.82) is 0 Å². The molecule has 146 valence electrons. The first-order chi connectivity index (χ1) is 14.1. The molecular formula is C24H22N2O3. The molecular weight excluding hydrogens is 364 g/mol. The van der Waals surface area contributed by atoms with Gasteiger partial charge >= 0.3 is 0 Å². The van der Waals surface area contributed by atoms with Crippen LogP contribution in [-0.2, 0) is 16.0 Å². The molecule has 5 rings (SSSR count). The summed E-state index contributed by atoms with van der Waals surface area (Å²) in [5.74, 6) is -0.477. The highest BCUT2D eigenvalue weighted by Crippen LogP contribution is 2.53. The van der Waals surface area contributed by atoms with Crippen molar-refractivity contribution in [3.8, 4) is 0 Å². The van der Waals surface area contributed by atoms with Crippen molar-refractivity contribution in [2.24, 2.45) is 23.7 Å². The quantitative estimate of drug-likeness (QED) is 0.642. The van der Waals surface area contributed by atoms with Gasteiger partial charge in [-0.25, -0.2) is 0 Å². The molecule has 2 bridgehead atoms. The topological polar surface area (TPSA) is 66.5 Å². The molecule has 5 heteroatoms. The first-order valence-corrected chi connectivity index (χ1v) is 10.1. The van der Waals surface area contributed by atoms with Gasteiger partial charge in [0, 0.05) is 11.3 Å². The van der Waals surface area contributed by atoms with Crippen molar-refractivity contribution in [3.05, 3.63) is 71.8 Å². The Bertz CT molecular complexity index is 1010. The Hall–Kier alpha value is -3.21. The number of hydrogen-bond donors (Lipinski definition) is 1. The van der Waals surface area contributed by atoms with Crippen LogP contribution in [0.25, 0.3) is 0 Å². The van der Waals surface area contributed by atoms with Crippen LogP contribution >= 0.6 is 0 Å². The van der Waals surface area contributed by atoms with Gasteiger partial charge in [0.15, 0.2) is 0 Å². The third kappa shape index (κ3) is 2.72. The van der Waals surface area contributed by atoms with Gasteiger partial charge in [0.2, 0.25) is 11.8 Å². The van der Waals surface area contributed by atoms with Gasteiger partial charge in [-0.1, -0.05) is 37.3 Å². The van der Waals surface area contributed by atoms with E-state index in [0.717, 1.165) is 24.1 Å². The largest absolute Gasteiger partial charge is 0.322 e. The number of carbonyl (C=O) groups excluding carboxylic acids is 3. The zero-order valence-corrected chi connectivity index (χ0v) is 16.2. The van der Waals surface area contributed by atoms with Gasteiger partial charge in [0.05, 0.1) is 17.5 Å². The minimum atomic E-state index is -0.217. The predicted molar refractivity (Wildman–Crippen MR) is 110 cm³/mol. The lowest BCUT2D eigenvalue weighted by atomic mass is 9.85. The number of hydrogen-bond acceptors (Lipinski definition) is 3. The average Bonchev–Trinajstić information content (AvgIpc) is 3.42. The molecule has 3 aliphatic rings. The molecule has 3 amide bonds. The number of imide groups is 1. The SMILES string of the molecule is CCc1ccccc1NC(=O)c1ccc(N2C(=O)[C@@H]3[C@@H](C2=O)[C@H]2C=C[C@H]3C2)cc1. The fraction of sp³-hybridized carbons (Fsp3) is 0.292. The number of para-hydroxylation sites is 1. The van der Waals surface area contributed by atoms with Crippen LogP contribution in [-0.4, -0.2) is 17.7 Å². The number of fused-ring (bicyclic) bond motifs is 5. The lowest BCUT2D eigenvalue weighted by molar-refractivity contribution is -0.123. The van der Waals surface area contributed by atoms with E-state index in [1.54, 1.807) is 24.3 Å². The van der Waals surface area contributed by atoms with E-state index in [1.165, 1.54) is 4.90 Å². The molecule has 4 atom stereocenters. The standard InChI is InChI=1S/C24H22N2O3/c1-2-14-5-3-4-6-19(14)25-22(27)15-9-11-18(12-10-15)26-23(28)20-16-7-8-17(13-16)21(20)24(26)29/h3-12,16-17,20-21H,2,13H2,1H3,(H,25,27)/t16-,17-,20-,21-/m0/s1. The molecule has 1 aliphatic heterocycles. The van der Waals surface area contributed by atoms with Gasteiger partial charge in [-0.15, -0.1) is 0 Å². The van der Waals surface area contributed by atoms with Crippen LogP contribution in [0.5, 0.6) is 0 Å². The molecule has 2 aromatic carbocycles. The number of anilines is 2. The third-order valence-electron chi connectivity index (χ3n) is 6.50.